The van der Waals surface area contributed by atoms with Gasteiger partial charge in [-0.05, 0) is 24.6 Å². The average Bonchev–Trinajstić information content (AvgIpc) is 2.38. The van der Waals surface area contributed by atoms with Crippen LogP contribution in [0.4, 0.5) is 5.69 Å². The Morgan fingerprint density at radius 1 is 1.40 bits per heavy atom. The number of hydrogen-bond donors (Lipinski definition) is 2. The highest BCUT2D eigenvalue weighted by molar-refractivity contribution is 7.89. The molecule has 0 aliphatic rings. The largest absolute Gasteiger partial charge is 0.398 e. The first-order valence-corrected chi connectivity index (χ1v) is 7.75. The Bertz CT molecular complexity index is 563. The van der Waals surface area contributed by atoms with E-state index in [-0.39, 0.29) is 29.2 Å². The molecule has 1 aromatic carbocycles. The minimum atomic E-state index is -3.75. The molecule has 0 aliphatic heterocycles. The van der Waals surface area contributed by atoms with Crippen molar-refractivity contribution >= 4 is 27.3 Å². The quantitative estimate of drug-likeness (QED) is 0.735. The molecular formula is C12H19ClN2O4S. The summed E-state index contributed by atoms with van der Waals surface area (Å²) in [5.41, 5.74) is 6.82. The molecule has 0 aliphatic carbocycles. The molecule has 0 amide bonds. The van der Waals surface area contributed by atoms with E-state index in [1.807, 2.05) is 0 Å². The number of rotatable bonds is 7. The van der Waals surface area contributed by atoms with E-state index in [4.69, 9.17) is 26.8 Å². The Balaban J connectivity index is 2.92. The van der Waals surface area contributed by atoms with E-state index in [1.165, 1.54) is 26.4 Å². The zero-order valence-corrected chi connectivity index (χ0v) is 13.2. The molecule has 0 heterocycles. The zero-order chi connectivity index (χ0) is 15.3. The molecule has 1 unspecified atom stereocenters. The zero-order valence-electron chi connectivity index (χ0n) is 11.6. The van der Waals surface area contributed by atoms with E-state index >= 15 is 0 Å². The van der Waals surface area contributed by atoms with Crippen molar-refractivity contribution in [2.75, 3.05) is 33.1 Å². The number of sulfonamides is 1. The van der Waals surface area contributed by atoms with Crippen LogP contribution in [0.1, 0.15) is 5.56 Å². The molecule has 0 aromatic heterocycles. The number of methoxy groups -OCH3 is 2. The topological polar surface area (TPSA) is 90.7 Å². The van der Waals surface area contributed by atoms with Gasteiger partial charge < -0.3 is 15.2 Å². The van der Waals surface area contributed by atoms with Crippen molar-refractivity contribution < 1.29 is 17.9 Å². The molecule has 20 heavy (non-hydrogen) atoms. The van der Waals surface area contributed by atoms with Gasteiger partial charge in [-0.25, -0.2) is 13.1 Å². The van der Waals surface area contributed by atoms with E-state index in [9.17, 15) is 8.42 Å². The summed E-state index contributed by atoms with van der Waals surface area (Å²) in [5.74, 6) is 0. The van der Waals surface area contributed by atoms with Crippen molar-refractivity contribution in [3.63, 3.8) is 0 Å². The summed E-state index contributed by atoms with van der Waals surface area (Å²) in [6.07, 6.45) is -0.378. The third kappa shape index (κ3) is 4.32. The summed E-state index contributed by atoms with van der Waals surface area (Å²) >= 11 is 5.97. The first-order chi connectivity index (χ1) is 9.31. The SMILES string of the molecule is COCC(CNS(=O)(=O)c1cc(N)c(C)cc1Cl)OC. The highest BCUT2D eigenvalue weighted by atomic mass is 35.5. The third-order valence-electron chi connectivity index (χ3n) is 2.80. The van der Waals surface area contributed by atoms with Crippen molar-refractivity contribution in [3.8, 4) is 0 Å². The maximum atomic E-state index is 12.2. The number of aryl methyl sites for hydroxylation is 1. The minimum Gasteiger partial charge on any atom is -0.398 e. The summed E-state index contributed by atoms with van der Waals surface area (Å²) in [7, 11) is -0.758. The molecule has 114 valence electrons. The fraction of sp³-hybridized carbons (Fsp3) is 0.500. The molecule has 6 nitrogen and oxygen atoms in total. The van der Waals surface area contributed by atoms with Crippen LogP contribution < -0.4 is 10.5 Å². The molecule has 0 fully saturated rings. The first-order valence-electron chi connectivity index (χ1n) is 5.88. The maximum Gasteiger partial charge on any atom is 0.242 e. The summed E-state index contributed by atoms with van der Waals surface area (Å²) in [5, 5.41) is 0.130. The number of nitrogens with two attached hydrogens (primary N) is 1. The van der Waals surface area contributed by atoms with E-state index in [0.29, 0.717) is 5.69 Å². The van der Waals surface area contributed by atoms with Crippen molar-refractivity contribution in [1.29, 1.82) is 0 Å². The van der Waals surface area contributed by atoms with Gasteiger partial charge >= 0.3 is 0 Å². The number of hydrogen-bond acceptors (Lipinski definition) is 5. The van der Waals surface area contributed by atoms with Crippen LogP contribution in [-0.2, 0) is 19.5 Å². The Hall–Kier alpha value is -0.860. The van der Waals surface area contributed by atoms with Crippen molar-refractivity contribution in [1.82, 2.24) is 4.72 Å². The standard InChI is InChI=1S/C12H19ClN2O4S/c1-8-4-10(13)12(5-11(8)14)20(16,17)15-6-9(19-3)7-18-2/h4-5,9,15H,6-7,14H2,1-3H3. The van der Waals surface area contributed by atoms with Gasteiger partial charge in [0, 0.05) is 26.5 Å². The number of nitrogens with one attached hydrogen (secondary N) is 1. The smallest absolute Gasteiger partial charge is 0.242 e. The van der Waals surface area contributed by atoms with Crippen LogP contribution in [0.2, 0.25) is 5.02 Å². The molecular weight excluding hydrogens is 304 g/mol. The van der Waals surface area contributed by atoms with Crippen LogP contribution in [0, 0.1) is 6.92 Å². The second-order valence-electron chi connectivity index (χ2n) is 4.30. The van der Waals surface area contributed by atoms with Crippen molar-refractivity contribution in [2.45, 2.75) is 17.9 Å². The first kappa shape index (κ1) is 17.2. The minimum absolute atomic E-state index is 0.0467. The highest BCUT2D eigenvalue weighted by Crippen LogP contribution is 2.26. The number of benzene rings is 1. The van der Waals surface area contributed by atoms with Gasteiger partial charge in [-0.2, -0.15) is 0 Å². The summed E-state index contributed by atoms with van der Waals surface area (Å²) in [4.78, 5) is -0.0467. The lowest BCUT2D eigenvalue weighted by molar-refractivity contribution is 0.0320. The molecule has 0 saturated carbocycles. The molecule has 1 rings (SSSR count). The Morgan fingerprint density at radius 3 is 2.60 bits per heavy atom. The van der Waals surface area contributed by atoms with Crippen LogP contribution >= 0.6 is 11.6 Å². The van der Waals surface area contributed by atoms with Gasteiger partial charge in [0.25, 0.3) is 0 Å². The fourth-order valence-corrected chi connectivity index (χ4v) is 3.23. The molecule has 0 spiro atoms. The van der Waals surface area contributed by atoms with Crippen LogP contribution in [0.25, 0.3) is 0 Å². The second-order valence-corrected chi connectivity index (χ2v) is 6.45. The summed E-state index contributed by atoms with van der Waals surface area (Å²) in [6, 6.07) is 2.87. The summed E-state index contributed by atoms with van der Waals surface area (Å²) < 4.78 is 36.8. The van der Waals surface area contributed by atoms with Gasteiger partial charge in [0.15, 0.2) is 0 Å². The van der Waals surface area contributed by atoms with E-state index < -0.39 is 10.0 Å². The van der Waals surface area contributed by atoms with Gasteiger partial charge in [-0.3, -0.25) is 0 Å². The molecule has 0 bridgehead atoms. The normalized spacial score (nSPS) is 13.4. The molecule has 0 saturated heterocycles. The number of anilines is 1. The van der Waals surface area contributed by atoms with Crippen LogP contribution in [0.5, 0.6) is 0 Å². The fourth-order valence-electron chi connectivity index (χ4n) is 1.55. The monoisotopic (exact) mass is 322 g/mol. The molecule has 8 heteroatoms. The second kappa shape index (κ2) is 7.24. The van der Waals surface area contributed by atoms with Gasteiger partial charge in [-0.15, -0.1) is 0 Å². The Labute approximate surface area is 124 Å². The molecule has 1 atom stereocenters. The Kier molecular flexibility index (Phi) is 6.22. The van der Waals surface area contributed by atoms with Crippen molar-refractivity contribution in [2.24, 2.45) is 0 Å². The maximum absolute atomic E-state index is 12.2. The molecule has 3 N–H and O–H groups in total. The number of halogens is 1. The highest BCUT2D eigenvalue weighted by Gasteiger charge is 2.20. The van der Waals surface area contributed by atoms with E-state index in [0.717, 1.165) is 5.56 Å². The number of nitrogen functional groups attached to an aromatic ring is 1. The Morgan fingerprint density at radius 2 is 2.05 bits per heavy atom. The van der Waals surface area contributed by atoms with E-state index in [1.54, 1.807) is 6.92 Å². The molecule has 1 aromatic rings. The van der Waals surface area contributed by atoms with Crippen molar-refractivity contribution in [3.05, 3.63) is 22.7 Å². The third-order valence-corrected chi connectivity index (χ3v) is 4.69. The van der Waals surface area contributed by atoms with Gasteiger partial charge in [0.05, 0.1) is 17.7 Å². The lowest BCUT2D eigenvalue weighted by Crippen LogP contribution is -2.35. The predicted molar refractivity (Wildman–Crippen MR) is 78.5 cm³/mol. The van der Waals surface area contributed by atoms with Gasteiger partial charge in [0.1, 0.15) is 4.90 Å². The van der Waals surface area contributed by atoms with Crippen LogP contribution in [0.3, 0.4) is 0 Å². The van der Waals surface area contributed by atoms with Gasteiger partial charge in [0.2, 0.25) is 10.0 Å². The van der Waals surface area contributed by atoms with E-state index in [2.05, 4.69) is 4.72 Å². The molecule has 0 radical (unpaired) electrons. The lowest BCUT2D eigenvalue weighted by Gasteiger charge is -2.16. The number of ether oxygens (including phenoxy) is 2. The van der Waals surface area contributed by atoms with Crippen LogP contribution in [-0.4, -0.2) is 41.9 Å². The summed E-state index contributed by atoms with van der Waals surface area (Å²) in [6.45, 7) is 2.12. The predicted octanol–water partition coefficient (Wildman–Crippen LogP) is 1.17. The average molecular weight is 323 g/mol. The van der Waals surface area contributed by atoms with Gasteiger partial charge in [-0.1, -0.05) is 11.6 Å². The van der Waals surface area contributed by atoms with Crippen LogP contribution in [0.15, 0.2) is 17.0 Å². The lowest BCUT2D eigenvalue weighted by atomic mass is 10.2.